The highest BCUT2D eigenvalue weighted by molar-refractivity contribution is 6.11. The number of halogens is 3. The SMILES string of the molecule is Cc1ccc2c(c1)c1cc(C(=O)NCC(C)O)ccc1n2-c1ccc(C(F)(F)F)cc1. The van der Waals surface area contributed by atoms with Crippen molar-refractivity contribution >= 4 is 27.7 Å². The Bertz CT molecular complexity index is 1270. The first-order chi connectivity index (χ1) is 14.6. The average molecular weight is 426 g/mol. The molecular formula is C24H21F3N2O2. The Morgan fingerprint density at radius 2 is 1.61 bits per heavy atom. The summed E-state index contributed by atoms with van der Waals surface area (Å²) in [7, 11) is 0. The standard InChI is InChI=1S/C24H21F3N2O2/c1-14-3-9-21-19(11-14)20-12-16(23(31)28-13-15(2)30)4-10-22(20)29(21)18-7-5-17(6-8-18)24(25,26)27/h3-12,15,30H,13H2,1-2H3,(H,28,31). The quantitative estimate of drug-likeness (QED) is 0.470. The summed E-state index contributed by atoms with van der Waals surface area (Å²) < 4.78 is 40.8. The van der Waals surface area contributed by atoms with E-state index in [-0.39, 0.29) is 12.5 Å². The molecule has 4 rings (SSSR count). The number of aliphatic hydroxyl groups is 1. The molecule has 0 saturated carbocycles. The third kappa shape index (κ3) is 4.01. The van der Waals surface area contributed by atoms with E-state index in [1.807, 2.05) is 29.7 Å². The first-order valence-corrected chi connectivity index (χ1v) is 9.84. The number of aryl methyl sites for hydroxylation is 1. The van der Waals surface area contributed by atoms with Gasteiger partial charge in [-0.1, -0.05) is 11.6 Å². The minimum Gasteiger partial charge on any atom is -0.392 e. The Labute approximate surface area is 176 Å². The Balaban J connectivity index is 1.88. The zero-order chi connectivity index (χ0) is 22.3. The molecule has 0 bridgehead atoms. The van der Waals surface area contributed by atoms with Crippen molar-refractivity contribution in [2.75, 3.05) is 6.54 Å². The van der Waals surface area contributed by atoms with Crippen LogP contribution in [0.3, 0.4) is 0 Å². The van der Waals surface area contributed by atoms with E-state index in [2.05, 4.69) is 5.32 Å². The normalized spacial score (nSPS) is 13.0. The van der Waals surface area contributed by atoms with Gasteiger partial charge in [0.15, 0.2) is 0 Å². The molecule has 0 aliphatic carbocycles. The predicted octanol–water partition coefficient (Wildman–Crippen LogP) is 5.22. The summed E-state index contributed by atoms with van der Waals surface area (Å²) in [6.07, 6.45) is -5.05. The Morgan fingerprint density at radius 1 is 1.00 bits per heavy atom. The summed E-state index contributed by atoms with van der Waals surface area (Å²) in [6, 6.07) is 16.1. The highest BCUT2D eigenvalue weighted by atomic mass is 19.4. The molecule has 1 unspecified atom stereocenters. The summed E-state index contributed by atoms with van der Waals surface area (Å²) in [4.78, 5) is 12.5. The van der Waals surface area contributed by atoms with Gasteiger partial charge in [-0.25, -0.2) is 0 Å². The van der Waals surface area contributed by atoms with Crippen LogP contribution in [0.1, 0.15) is 28.4 Å². The molecule has 1 aromatic heterocycles. The number of carbonyl (C=O) groups excluding carboxylic acids is 1. The van der Waals surface area contributed by atoms with Gasteiger partial charge < -0.3 is 15.0 Å². The van der Waals surface area contributed by atoms with Crippen LogP contribution in [0.15, 0.2) is 60.7 Å². The molecule has 31 heavy (non-hydrogen) atoms. The summed E-state index contributed by atoms with van der Waals surface area (Å²) in [5.41, 5.74) is 2.99. The van der Waals surface area contributed by atoms with Gasteiger partial charge in [-0.2, -0.15) is 13.2 Å². The first-order valence-electron chi connectivity index (χ1n) is 9.84. The van der Waals surface area contributed by atoms with Gasteiger partial charge >= 0.3 is 6.18 Å². The maximum atomic E-state index is 13.0. The van der Waals surface area contributed by atoms with Crippen LogP contribution in [0.25, 0.3) is 27.5 Å². The molecule has 1 atom stereocenters. The van der Waals surface area contributed by atoms with Crippen molar-refractivity contribution in [3.8, 4) is 5.69 Å². The number of aromatic nitrogens is 1. The largest absolute Gasteiger partial charge is 0.416 e. The topological polar surface area (TPSA) is 54.3 Å². The van der Waals surface area contributed by atoms with Crippen LogP contribution in [0.2, 0.25) is 0 Å². The zero-order valence-electron chi connectivity index (χ0n) is 17.0. The predicted molar refractivity (Wildman–Crippen MR) is 115 cm³/mol. The van der Waals surface area contributed by atoms with Crippen molar-refractivity contribution in [1.29, 1.82) is 0 Å². The van der Waals surface area contributed by atoms with Crippen molar-refractivity contribution in [3.05, 3.63) is 77.4 Å². The van der Waals surface area contributed by atoms with Gasteiger partial charge in [-0.3, -0.25) is 4.79 Å². The van der Waals surface area contributed by atoms with Gasteiger partial charge in [0, 0.05) is 28.6 Å². The van der Waals surface area contributed by atoms with E-state index in [4.69, 9.17) is 0 Å². The maximum absolute atomic E-state index is 13.0. The van der Waals surface area contributed by atoms with E-state index < -0.39 is 17.8 Å². The van der Waals surface area contributed by atoms with E-state index >= 15 is 0 Å². The number of rotatable bonds is 4. The van der Waals surface area contributed by atoms with Gasteiger partial charge in [0.2, 0.25) is 0 Å². The molecular weight excluding hydrogens is 405 g/mol. The molecule has 160 valence electrons. The highest BCUT2D eigenvalue weighted by Gasteiger charge is 2.30. The Hall–Kier alpha value is -3.32. The molecule has 4 nitrogen and oxygen atoms in total. The number of fused-ring (bicyclic) bond motifs is 3. The third-order valence-electron chi connectivity index (χ3n) is 5.19. The highest BCUT2D eigenvalue weighted by Crippen LogP contribution is 2.35. The summed E-state index contributed by atoms with van der Waals surface area (Å²) in [6.45, 7) is 3.69. The minimum atomic E-state index is -4.40. The molecule has 0 spiro atoms. The van der Waals surface area contributed by atoms with Gasteiger partial charge in [0.1, 0.15) is 0 Å². The van der Waals surface area contributed by atoms with Crippen molar-refractivity contribution in [2.45, 2.75) is 26.1 Å². The number of nitrogens with one attached hydrogen (secondary N) is 1. The number of carbonyl (C=O) groups is 1. The summed E-state index contributed by atoms with van der Waals surface area (Å²) >= 11 is 0. The molecule has 1 heterocycles. The lowest BCUT2D eigenvalue weighted by Gasteiger charge is -2.11. The molecule has 3 aromatic carbocycles. The molecule has 0 fully saturated rings. The first kappa shape index (κ1) is 20.9. The maximum Gasteiger partial charge on any atom is 0.416 e. The lowest BCUT2D eigenvalue weighted by atomic mass is 10.1. The Morgan fingerprint density at radius 3 is 2.23 bits per heavy atom. The van der Waals surface area contributed by atoms with Gasteiger partial charge in [0.25, 0.3) is 5.91 Å². The van der Waals surface area contributed by atoms with Crippen molar-refractivity contribution in [3.63, 3.8) is 0 Å². The molecule has 0 radical (unpaired) electrons. The van der Waals surface area contributed by atoms with E-state index in [0.717, 1.165) is 39.5 Å². The van der Waals surface area contributed by atoms with Crippen LogP contribution < -0.4 is 5.32 Å². The number of nitrogens with zero attached hydrogens (tertiary/aromatic N) is 1. The van der Waals surface area contributed by atoms with Gasteiger partial charge in [-0.15, -0.1) is 0 Å². The number of aliphatic hydroxyl groups excluding tert-OH is 1. The average Bonchev–Trinajstić information content (AvgIpc) is 3.04. The monoisotopic (exact) mass is 426 g/mol. The summed E-state index contributed by atoms with van der Waals surface area (Å²) in [5.74, 6) is -0.300. The second-order valence-electron chi connectivity index (χ2n) is 7.69. The van der Waals surface area contributed by atoms with E-state index in [0.29, 0.717) is 11.3 Å². The van der Waals surface area contributed by atoms with Gasteiger partial charge in [-0.05, 0) is 68.4 Å². The second kappa shape index (κ2) is 7.74. The molecule has 0 aliphatic rings. The van der Waals surface area contributed by atoms with Crippen molar-refractivity contribution < 1.29 is 23.1 Å². The summed E-state index contributed by atoms with van der Waals surface area (Å²) in [5, 5.41) is 13.8. The molecule has 1 amide bonds. The Kier molecular flexibility index (Phi) is 5.23. The van der Waals surface area contributed by atoms with Gasteiger partial charge in [0.05, 0.1) is 22.7 Å². The molecule has 0 saturated heterocycles. The minimum absolute atomic E-state index is 0.142. The van der Waals surface area contributed by atoms with Crippen LogP contribution in [-0.4, -0.2) is 28.2 Å². The third-order valence-corrected chi connectivity index (χ3v) is 5.19. The van der Waals surface area contributed by atoms with Crippen molar-refractivity contribution in [1.82, 2.24) is 9.88 Å². The number of benzene rings is 3. The number of hydrogen-bond acceptors (Lipinski definition) is 2. The fourth-order valence-electron chi connectivity index (χ4n) is 3.70. The smallest absolute Gasteiger partial charge is 0.392 e. The van der Waals surface area contributed by atoms with Crippen LogP contribution in [0, 0.1) is 6.92 Å². The van der Waals surface area contributed by atoms with E-state index in [9.17, 15) is 23.1 Å². The fourth-order valence-corrected chi connectivity index (χ4v) is 3.70. The fraction of sp³-hybridized carbons (Fsp3) is 0.208. The van der Waals surface area contributed by atoms with Crippen LogP contribution in [0.5, 0.6) is 0 Å². The number of alkyl halides is 3. The molecule has 0 aliphatic heterocycles. The molecule has 4 aromatic rings. The van der Waals surface area contributed by atoms with Crippen LogP contribution in [0.4, 0.5) is 13.2 Å². The number of amides is 1. The van der Waals surface area contributed by atoms with E-state index in [1.54, 1.807) is 25.1 Å². The molecule has 2 N–H and O–H groups in total. The second-order valence-corrected chi connectivity index (χ2v) is 7.69. The van der Waals surface area contributed by atoms with Crippen LogP contribution >= 0.6 is 0 Å². The lowest BCUT2D eigenvalue weighted by molar-refractivity contribution is -0.137. The van der Waals surface area contributed by atoms with Crippen molar-refractivity contribution in [2.24, 2.45) is 0 Å². The van der Waals surface area contributed by atoms with Crippen LogP contribution in [-0.2, 0) is 6.18 Å². The van der Waals surface area contributed by atoms with E-state index in [1.165, 1.54) is 12.1 Å². The number of hydrogen-bond donors (Lipinski definition) is 2. The zero-order valence-corrected chi connectivity index (χ0v) is 17.0. The molecule has 7 heteroatoms. The lowest BCUT2D eigenvalue weighted by Crippen LogP contribution is -2.30.